The number of nitrogens with one attached hydrogen (secondary N) is 2. The molecule has 2 heterocycles. The number of hydrogen-bond donors (Lipinski definition) is 2. The lowest BCUT2D eigenvalue weighted by atomic mass is 10.1. The van der Waals surface area contributed by atoms with Crippen molar-refractivity contribution in [1.82, 2.24) is 30.3 Å². The van der Waals surface area contributed by atoms with Gasteiger partial charge in [-0.3, -0.25) is 4.90 Å². The summed E-state index contributed by atoms with van der Waals surface area (Å²) in [5.74, 6) is 3.55. The van der Waals surface area contributed by atoms with Crippen LogP contribution in [0.15, 0.2) is 29.3 Å². The van der Waals surface area contributed by atoms with Gasteiger partial charge >= 0.3 is 0 Å². The number of nitrogens with zero attached hydrogens (tertiary/aromatic N) is 5. The van der Waals surface area contributed by atoms with E-state index in [1.807, 2.05) is 18.5 Å². The van der Waals surface area contributed by atoms with Gasteiger partial charge in [-0.2, -0.15) is 0 Å². The summed E-state index contributed by atoms with van der Waals surface area (Å²) in [7, 11) is 3.70. The number of ether oxygens (including phenoxy) is 1. The van der Waals surface area contributed by atoms with E-state index in [-0.39, 0.29) is 0 Å². The average molecular weight is 440 g/mol. The monoisotopic (exact) mass is 439 g/mol. The molecule has 1 saturated heterocycles. The first-order valence-corrected chi connectivity index (χ1v) is 11.9. The normalized spacial score (nSPS) is 18.8. The van der Waals surface area contributed by atoms with E-state index in [2.05, 4.69) is 50.0 Å². The third kappa shape index (κ3) is 5.59. The molecule has 4 rings (SSSR count). The SMILES string of the molecule is COc1ccc(C(CNC(=NCc2nnc(C)n2C)NC2CCCC2)N2CCCC2)cc1. The molecule has 2 aromatic rings. The summed E-state index contributed by atoms with van der Waals surface area (Å²) in [4.78, 5) is 7.46. The Morgan fingerprint density at radius 1 is 1.12 bits per heavy atom. The van der Waals surface area contributed by atoms with E-state index >= 15 is 0 Å². The first kappa shape index (κ1) is 22.6. The van der Waals surface area contributed by atoms with Gasteiger partial charge in [-0.05, 0) is 63.4 Å². The maximum Gasteiger partial charge on any atom is 0.191 e. The number of hydrogen-bond acceptors (Lipinski definition) is 5. The molecule has 2 fully saturated rings. The van der Waals surface area contributed by atoms with E-state index in [1.165, 1.54) is 44.1 Å². The molecule has 2 aliphatic rings. The van der Waals surface area contributed by atoms with Gasteiger partial charge < -0.3 is 19.9 Å². The zero-order chi connectivity index (χ0) is 22.3. The van der Waals surface area contributed by atoms with Crippen LogP contribution in [-0.2, 0) is 13.6 Å². The van der Waals surface area contributed by atoms with Gasteiger partial charge in [0.1, 0.15) is 18.1 Å². The summed E-state index contributed by atoms with van der Waals surface area (Å²) in [6, 6.07) is 9.28. The first-order chi connectivity index (χ1) is 15.6. The van der Waals surface area contributed by atoms with Crippen LogP contribution in [0.3, 0.4) is 0 Å². The van der Waals surface area contributed by atoms with E-state index < -0.39 is 0 Å². The zero-order valence-corrected chi connectivity index (χ0v) is 19.7. The third-order valence-corrected chi connectivity index (χ3v) is 6.80. The Morgan fingerprint density at radius 3 is 2.47 bits per heavy atom. The van der Waals surface area contributed by atoms with Gasteiger partial charge in [-0.25, -0.2) is 4.99 Å². The fourth-order valence-corrected chi connectivity index (χ4v) is 4.68. The summed E-state index contributed by atoms with van der Waals surface area (Å²) in [5, 5.41) is 15.8. The Morgan fingerprint density at radius 2 is 1.84 bits per heavy atom. The molecule has 1 saturated carbocycles. The maximum atomic E-state index is 5.36. The van der Waals surface area contributed by atoms with Gasteiger partial charge in [0.25, 0.3) is 0 Å². The minimum atomic E-state index is 0.302. The second-order valence-corrected chi connectivity index (χ2v) is 8.93. The van der Waals surface area contributed by atoms with Crippen LogP contribution in [0.5, 0.6) is 5.75 Å². The minimum Gasteiger partial charge on any atom is -0.497 e. The van der Waals surface area contributed by atoms with Gasteiger partial charge in [0.05, 0.1) is 13.2 Å². The predicted octanol–water partition coefficient (Wildman–Crippen LogP) is 2.95. The van der Waals surface area contributed by atoms with Crippen LogP contribution in [0.4, 0.5) is 0 Å². The highest BCUT2D eigenvalue weighted by Gasteiger charge is 2.24. The van der Waals surface area contributed by atoms with E-state index in [9.17, 15) is 0 Å². The number of aryl methyl sites for hydroxylation is 1. The van der Waals surface area contributed by atoms with Crippen molar-refractivity contribution in [2.75, 3.05) is 26.7 Å². The molecule has 0 radical (unpaired) electrons. The molecule has 1 unspecified atom stereocenters. The topological polar surface area (TPSA) is 79.6 Å². The van der Waals surface area contributed by atoms with Crippen LogP contribution in [0.2, 0.25) is 0 Å². The van der Waals surface area contributed by atoms with Crippen LogP contribution in [0, 0.1) is 6.92 Å². The van der Waals surface area contributed by atoms with E-state index in [0.29, 0.717) is 18.6 Å². The highest BCUT2D eigenvalue weighted by atomic mass is 16.5. The van der Waals surface area contributed by atoms with E-state index in [4.69, 9.17) is 9.73 Å². The van der Waals surface area contributed by atoms with Gasteiger partial charge in [0.2, 0.25) is 0 Å². The lowest BCUT2D eigenvalue weighted by Gasteiger charge is -2.29. The molecule has 1 aliphatic carbocycles. The van der Waals surface area contributed by atoms with Gasteiger partial charge in [0.15, 0.2) is 11.8 Å². The van der Waals surface area contributed by atoms with Gasteiger partial charge in [-0.15, -0.1) is 10.2 Å². The highest BCUT2D eigenvalue weighted by molar-refractivity contribution is 5.80. The van der Waals surface area contributed by atoms with Crippen molar-refractivity contribution in [3.8, 4) is 5.75 Å². The summed E-state index contributed by atoms with van der Waals surface area (Å²) < 4.78 is 7.36. The number of guanidine groups is 1. The standard InChI is InChI=1S/C24H37N7O/c1-18-28-29-23(30(18)2)17-26-24(27-20-8-4-5-9-20)25-16-22(31-14-6-7-15-31)19-10-12-21(32-3)13-11-19/h10-13,20,22H,4-9,14-17H2,1-3H3,(H2,25,26,27). The second kappa shape index (κ2) is 10.8. The summed E-state index contributed by atoms with van der Waals surface area (Å²) in [5.41, 5.74) is 1.31. The maximum absolute atomic E-state index is 5.36. The van der Waals surface area contributed by atoms with Gasteiger partial charge in [-0.1, -0.05) is 25.0 Å². The van der Waals surface area contributed by atoms with E-state index in [1.54, 1.807) is 7.11 Å². The molecule has 1 atom stereocenters. The van der Waals surface area contributed by atoms with Crippen LogP contribution in [0.25, 0.3) is 0 Å². The molecular formula is C24H37N7O. The zero-order valence-electron chi connectivity index (χ0n) is 19.7. The Hall–Kier alpha value is -2.61. The van der Waals surface area contributed by atoms with Crippen molar-refractivity contribution in [1.29, 1.82) is 0 Å². The van der Waals surface area contributed by atoms with E-state index in [0.717, 1.165) is 43.0 Å². The van der Waals surface area contributed by atoms with Crippen molar-refractivity contribution in [2.45, 2.75) is 64.1 Å². The molecule has 1 aromatic heterocycles. The molecular weight excluding hydrogens is 402 g/mol. The van der Waals surface area contributed by atoms with Crippen molar-refractivity contribution in [3.05, 3.63) is 41.5 Å². The fraction of sp³-hybridized carbons (Fsp3) is 0.625. The number of aromatic nitrogens is 3. The van der Waals surface area contributed by atoms with Crippen LogP contribution in [-0.4, -0.2) is 58.4 Å². The lowest BCUT2D eigenvalue weighted by Crippen LogP contribution is -2.45. The number of rotatable bonds is 8. The molecule has 1 aliphatic heterocycles. The third-order valence-electron chi connectivity index (χ3n) is 6.80. The predicted molar refractivity (Wildman–Crippen MR) is 127 cm³/mol. The Bertz CT molecular complexity index is 880. The molecule has 32 heavy (non-hydrogen) atoms. The second-order valence-electron chi connectivity index (χ2n) is 8.93. The number of likely N-dealkylation sites (tertiary alicyclic amines) is 1. The van der Waals surface area contributed by atoms with Crippen molar-refractivity contribution < 1.29 is 4.74 Å². The molecule has 0 bridgehead atoms. The Balaban J connectivity index is 1.48. The molecule has 2 N–H and O–H groups in total. The largest absolute Gasteiger partial charge is 0.497 e. The molecule has 0 spiro atoms. The number of aliphatic imine (C=N–C) groups is 1. The number of methoxy groups -OCH3 is 1. The van der Waals surface area contributed by atoms with Crippen LogP contribution >= 0.6 is 0 Å². The first-order valence-electron chi connectivity index (χ1n) is 11.9. The van der Waals surface area contributed by atoms with Crippen molar-refractivity contribution in [3.63, 3.8) is 0 Å². The molecule has 174 valence electrons. The Labute approximate surface area is 191 Å². The fourth-order valence-electron chi connectivity index (χ4n) is 4.68. The number of benzene rings is 1. The quantitative estimate of drug-likeness (QED) is 0.486. The molecule has 8 nitrogen and oxygen atoms in total. The van der Waals surface area contributed by atoms with Gasteiger partial charge in [0, 0.05) is 19.6 Å². The smallest absolute Gasteiger partial charge is 0.191 e. The average Bonchev–Trinajstić information content (AvgIpc) is 3.58. The molecule has 8 heteroatoms. The van der Waals surface area contributed by atoms with Crippen molar-refractivity contribution >= 4 is 5.96 Å². The summed E-state index contributed by atoms with van der Waals surface area (Å²) in [6.45, 7) is 5.56. The van der Waals surface area contributed by atoms with Crippen molar-refractivity contribution in [2.24, 2.45) is 12.0 Å². The summed E-state index contributed by atoms with van der Waals surface area (Å²) >= 11 is 0. The van der Waals surface area contributed by atoms with Crippen LogP contribution < -0.4 is 15.4 Å². The molecule has 1 aromatic carbocycles. The Kier molecular flexibility index (Phi) is 7.63. The minimum absolute atomic E-state index is 0.302. The highest BCUT2D eigenvalue weighted by Crippen LogP contribution is 2.26. The van der Waals surface area contributed by atoms with Crippen LogP contribution in [0.1, 0.15) is 61.8 Å². The molecule has 0 amide bonds. The lowest BCUT2D eigenvalue weighted by molar-refractivity contribution is 0.245. The summed E-state index contributed by atoms with van der Waals surface area (Å²) in [6.07, 6.45) is 7.51.